The lowest BCUT2D eigenvalue weighted by molar-refractivity contribution is 0.0929. The summed E-state index contributed by atoms with van der Waals surface area (Å²) in [5.74, 6) is 0.590. The third kappa shape index (κ3) is 3.15. The summed E-state index contributed by atoms with van der Waals surface area (Å²) >= 11 is 0. The van der Waals surface area contributed by atoms with Crippen molar-refractivity contribution in [2.24, 2.45) is 11.7 Å². The molecule has 2 atom stereocenters. The number of aromatic nitrogens is 2. The molecule has 1 amide bonds. The molecule has 0 spiro atoms. The Hall–Kier alpha value is -1.36. The summed E-state index contributed by atoms with van der Waals surface area (Å²) in [4.78, 5) is 12.3. The summed E-state index contributed by atoms with van der Waals surface area (Å²) in [6, 6.07) is 0.319. The fourth-order valence-corrected chi connectivity index (χ4v) is 2.74. The van der Waals surface area contributed by atoms with Crippen molar-refractivity contribution < 1.29 is 4.79 Å². The van der Waals surface area contributed by atoms with Crippen molar-refractivity contribution in [1.29, 1.82) is 0 Å². The van der Waals surface area contributed by atoms with Gasteiger partial charge in [0, 0.05) is 18.3 Å². The maximum atomic E-state index is 12.3. The van der Waals surface area contributed by atoms with E-state index >= 15 is 0 Å². The van der Waals surface area contributed by atoms with Crippen molar-refractivity contribution in [2.45, 2.75) is 52.1 Å². The van der Waals surface area contributed by atoms with Gasteiger partial charge < -0.3 is 11.1 Å². The van der Waals surface area contributed by atoms with Gasteiger partial charge in [-0.3, -0.25) is 9.48 Å². The number of hydrogen-bond acceptors (Lipinski definition) is 3. The summed E-state index contributed by atoms with van der Waals surface area (Å²) in [5.41, 5.74) is 7.12. The summed E-state index contributed by atoms with van der Waals surface area (Å²) in [7, 11) is 0. The lowest BCUT2D eigenvalue weighted by Crippen LogP contribution is -2.36. The molecule has 1 aromatic heterocycles. The molecule has 1 fully saturated rings. The first-order chi connectivity index (χ1) is 9.13. The van der Waals surface area contributed by atoms with Gasteiger partial charge in [-0.15, -0.1) is 0 Å². The predicted octanol–water partition coefficient (Wildman–Crippen LogP) is 1.46. The highest BCUT2D eigenvalue weighted by molar-refractivity contribution is 5.95. The molecule has 1 aromatic rings. The first-order valence-corrected chi connectivity index (χ1v) is 7.16. The van der Waals surface area contributed by atoms with Gasteiger partial charge in [0.05, 0.1) is 11.8 Å². The largest absolute Gasteiger partial charge is 0.349 e. The monoisotopic (exact) mass is 264 g/mol. The van der Waals surface area contributed by atoms with Crippen LogP contribution in [0.3, 0.4) is 0 Å². The van der Waals surface area contributed by atoms with E-state index in [1.54, 1.807) is 6.20 Å². The zero-order valence-corrected chi connectivity index (χ0v) is 11.9. The molecule has 1 saturated carbocycles. The summed E-state index contributed by atoms with van der Waals surface area (Å²) in [6.45, 7) is 5.56. The molecule has 0 bridgehead atoms. The van der Waals surface area contributed by atoms with E-state index in [0.717, 1.165) is 25.1 Å². The molecule has 3 N–H and O–H groups in total. The third-order valence-electron chi connectivity index (χ3n) is 4.10. The van der Waals surface area contributed by atoms with Crippen LogP contribution in [0.1, 0.15) is 48.7 Å². The van der Waals surface area contributed by atoms with Crippen LogP contribution in [0.25, 0.3) is 0 Å². The molecular weight excluding hydrogens is 240 g/mol. The Bertz CT molecular complexity index is 441. The Kier molecular flexibility index (Phi) is 4.58. The normalized spacial score (nSPS) is 22.7. The van der Waals surface area contributed by atoms with Crippen LogP contribution in [0.5, 0.6) is 0 Å². The summed E-state index contributed by atoms with van der Waals surface area (Å²) < 4.78 is 1.86. The molecule has 19 heavy (non-hydrogen) atoms. The average Bonchev–Trinajstić information content (AvgIpc) is 2.94. The van der Waals surface area contributed by atoms with E-state index in [1.165, 1.54) is 12.8 Å². The molecule has 1 heterocycles. The lowest BCUT2D eigenvalue weighted by atomic mass is 10.1. The number of rotatable bonds is 5. The van der Waals surface area contributed by atoms with Crippen molar-refractivity contribution in [3.05, 3.63) is 17.5 Å². The minimum absolute atomic E-state index is 0.00949. The van der Waals surface area contributed by atoms with Gasteiger partial charge in [-0.2, -0.15) is 5.10 Å². The van der Waals surface area contributed by atoms with Crippen LogP contribution in [-0.4, -0.2) is 28.3 Å². The Morgan fingerprint density at radius 2 is 2.37 bits per heavy atom. The molecular formula is C14H24N4O. The van der Waals surface area contributed by atoms with Crippen molar-refractivity contribution in [1.82, 2.24) is 15.1 Å². The van der Waals surface area contributed by atoms with Gasteiger partial charge >= 0.3 is 0 Å². The molecule has 5 heteroatoms. The topological polar surface area (TPSA) is 72.9 Å². The molecule has 106 valence electrons. The Balaban J connectivity index is 2.00. The van der Waals surface area contributed by atoms with Crippen LogP contribution in [0.2, 0.25) is 0 Å². The van der Waals surface area contributed by atoms with Gasteiger partial charge in [-0.05, 0) is 38.6 Å². The average molecular weight is 264 g/mol. The van der Waals surface area contributed by atoms with Crippen LogP contribution in [0, 0.1) is 12.8 Å². The van der Waals surface area contributed by atoms with E-state index in [-0.39, 0.29) is 5.91 Å². The van der Waals surface area contributed by atoms with E-state index in [9.17, 15) is 4.79 Å². The number of carbonyl (C=O) groups is 1. The molecule has 0 radical (unpaired) electrons. The van der Waals surface area contributed by atoms with Gasteiger partial charge in [0.25, 0.3) is 5.91 Å². The molecule has 5 nitrogen and oxygen atoms in total. The van der Waals surface area contributed by atoms with Crippen LogP contribution in [-0.2, 0) is 6.54 Å². The zero-order valence-electron chi connectivity index (χ0n) is 11.9. The molecule has 0 saturated heterocycles. The van der Waals surface area contributed by atoms with Crippen LogP contribution < -0.4 is 11.1 Å². The smallest absolute Gasteiger partial charge is 0.254 e. The van der Waals surface area contributed by atoms with Gasteiger partial charge in [0.15, 0.2) is 0 Å². The van der Waals surface area contributed by atoms with E-state index in [0.29, 0.717) is 24.1 Å². The number of aryl methyl sites for hydroxylation is 1. The number of nitrogens with zero attached hydrogens (tertiary/aromatic N) is 2. The number of hydrogen-bond donors (Lipinski definition) is 2. The highest BCUT2D eigenvalue weighted by atomic mass is 16.1. The second-order valence-corrected chi connectivity index (χ2v) is 5.50. The summed E-state index contributed by atoms with van der Waals surface area (Å²) in [5, 5.41) is 7.41. The molecule has 0 aliphatic heterocycles. The fraction of sp³-hybridized carbons (Fsp3) is 0.714. The first kappa shape index (κ1) is 14.1. The van der Waals surface area contributed by atoms with Gasteiger partial charge in [0.1, 0.15) is 0 Å². The minimum atomic E-state index is 0.00949. The van der Waals surface area contributed by atoms with E-state index < -0.39 is 0 Å². The van der Waals surface area contributed by atoms with Gasteiger partial charge in [-0.1, -0.05) is 13.3 Å². The standard InChI is InChI=1S/C14H24N4O/c1-10-5-3-6-13(10)17-14(19)12-9-16-18(11(12)2)8-4-7-15/h9-10,13H,3-8,15H2,1-2H3,(H,17,19). The van der Waals surface area contributed by atoms with Crippen molar-refractivity contribution >= 4 is 5.91 Å². The fourth-order valence-electron chi connectivity index (χ4n) is 2.74. The molecule has 2 unspecified atom stereocenters. The molecule has 0 aromatic carbocycles. The van der Waals surface area contributed by atoms with Crippen LogP contribution in [0.15, 0.2) is 6.20 Å². The van der Waals surface area contributed by atoms with Crippen molar-refractivity contribution in [3.63, 3.8) is 0 Å². The van der Waals surface area contributed by atoms with E-state index in [2.05, 4.69) is 17.3 Å². The summed E-state index contributed by atoms with van der Waals surface area (Å²) in [6.07, 6.45) is 6.05. The Morgan fingerprint density at radius 3 is 3.00 bits per heavy atom. The minimum Gasteiger partial charge on any atom is -0.349 e. The number of nitrogens with two attached hydrogens (primary N) is 1. The van der Waals surface area contributed by atoms with Crippen LogP contribution >= 0.6 is 0 Å². The quantitative estimate of drug-likeness (QED) is 0.845. The highest BCUT2D eigenvalue weighted by Gasteiger charge is 2.26. The van der Waals surface area contributed by atoms with Crippen LogP contribution in [0.4, 0.5) is 0 Å². The van der Waals surface area contributed by atoms with Crippen molar-refractivity contribution in [2.75, 3.05) is 6.54 Å². The lowest BCUT2D eigenvalue weighted by Gasteiger charge is -2.17. The zero-order chi connectivity index (χ0) is 13.8. The number of amides is 1. The maximum Gasteiger partial charge on any atom is 0.254 e. The SMILES string of the molecule is Cc1c(C(=O)NC2CCCC2C)cnn1CCCN. The van der Waals surface area contributed by atoms with E-state index in [1.807, 2.05) is 11.6 Å². The Labute approximate surface area is 114 Å². The highest BCUT2D eigenvalue weighted by Crippen LogP contribution is 2.25. The Morgan fingerprint density at radius 1 is 1.58 bits per heavy atom. The van der Waals surface area contributed by atoms with E-state index in [4.69, 9.17) is 5.73 Å². The second-order valence-electron chi connectivity index (χ2n) is 5.50. The maximum absolute atomic E-state index is 12.3. The third-order valence-corrected chi connectivity index (χ3v) is 4.10. The van der Waals surface area contributed by atoms with Crippen molar-refractivity contribution in [3.8, 4) is 0 Å². The molecule has 1 aliphatic rings. The second kappa shape index (κ2) is 6.19. The van der Waals surface area contributed by atoms with Gasteiger partial charge in [0.2, 0.25) is 0 Å². The molecule has 2 rings (SSSR count). The number of carbonyl (C=O) groups excluding carboxylic acids is 1. The first-order valence-electron chi connectivity index (χ1n) is 7.16. The van der Waals surface area contributed by atoms with Gasteiger partial charge in [-0.25, -0.2) is 0 Å². The predicted molar refractivity (Wildman–Crippen MR) is 74.9 cm³/mol. The molecule has 1 aliphatic carbocycles. The number of nitrogens with one attached hydrogen (secondary N) is 1.